The van der Waals surface area contributed by atoms with Crippen molar-refractivity contribution >= 4 is 16.0 Å². The van der Waals surface area contributed by atoms with Gasteiger partial charge >= 0.3 is 5.97 Å². The minimum Gasteiger partial charge on any atom is -0.466 e. The predicted octanol–water partition coefficient (Wildman–Crippen LogP) is 1.05. The van der Waals surface area contributed by atoms with E-state index in [0.29, 0.717) is 19.4 Å². The van der Waals surface area contributed by atoms with Gasteiger partial charge in [0.15, 0.2) is 0 Å². The van der Waals surface area contributed by atoms with E-state index in [9.17, 15) is 13.2 Å². The lowest BCUT2D eigenvalue weighted by molar-refractivity contribution is -0.143. The van der Waals surface area contributed by atoms with Crippen LogP contribution >= 0.6 is 0 Å². The molecule has 0 aromatic heterocycles. The third-order valence-electron chi connectivity index (χ3n) is 1.93. The summed E-state index contributed by atoms with van der Waals surface area (Å²) < 4.78 is 28.6. The zero-order valence-electron chi connectivity index (χ0n) is 9.99. The number of hydrogen-bond donors (Lipinski definition) is 1. The topological polar surface area (TPSA) is 72.5 Å². The molecule has 6 heteroatoms. The average Bonchev–Trinajstić information content (AvgIpc) is 2.16. The molecule has 1 N–H and O–H groups in total. The van der Waals surface area contributed by atoms with Crippen LogP contribution in [0.25, 0.3) is 0 Å². The van der Waals surface area contributed by atoms with Gasteiger partial charge in [-0.3, -0.25) is 4.79 Å². The highest BCUT2D eigenvalue weighted by molar-refractivity contribution is 7.88. The Labute approximate surface area is 97.6 Å². The maximum absolute atomic E-state index is 11.1. The van der Waals surface area contributed by atoms with Crippen molar-refractivity contribution in [3.8, 4) is 0 Å². The Morgan fingerprint density at radius 2 is 1.94 bits per heavy atom. The van der Waals surface area contributed by atoms with Crippen LogP contribution in [0.2, 0.25) is 0 Å². The summed E-state index contributed by atoms with van der Waals surface area (Å²) in [4.78, 5) is 11.1. The van der Waals surface area contributed by atoms with Gasteiger partial charge in [0, 0.05) is 13.0 Å². The molecule has 0 aliphatic heterocycles. The predicted molar refractivity (Wildman–Crippen MR) is 62.6 cm³/mol. The van der Waals surface area contributed by atoms with Crippen molar-refractivity contribution in [2.75, 3.05) is 19.4 Å². The number of ether oxygens (including phenoxy) is 1. The lowest BCUT2D eigenvalue weighted by atomic mass is 10.2. The third kappa shape index (κ3) is 11.5. The van der Waals surface area contributed by atoms with Gasteiger partial charge in [0.2, 0.25) is 10.0 Å². The van der Waals surface area contributed by atoms with Gasteiger partial charge in [0.1, 0.15) is 0 Å². The van der Waals surface area contributed by atoms with E-state index in [1.165, 1.54) is 0 Å². The number of hydrogen-bond acceptors (Lipinski definition) is 4. The second-order valence-corrected chi connectivity index (χ2v) is 5.53. The van der Waals surface area contributed by atoms with Gasteiger partial charge in [-0.05, 0) is 12.8 Å². The quantitative estimate of drug-likeness (QED) is 0.491. The van der Waals surface area contributed by atoms with E-state index in [1.807, 2.05) is 0 Å². The molecule has 0 bridgehead atoms. The van der Waals surface area contributed by atoms with Crippen LogP contribution in [0.4, 0.5) is 0 Å². The first-order valence-corrected chi connectivity index (χ1v) is 7.45. The first-order chi connectivity index (χ1) is 7.45. The molecule has 0 heterocycles. The molecule has 0 aromatic rings. The van der Waals surface area contributed by atoms with Gasteiger partial charge in [0.05, 0.1) is 12.9 Å². The minimum absolute atomic E-state index is 0.201. The van der Waals surface area contributed by atoms with Crippen LogP contribution in [-0.2, 0) is 19.6 Å². The van der Waals surface area contributed by atoms with Crippen molar-refractivity contribution in [1.82, 2.24) is 4.72 Å². The Balaban J connectivity index is 3.34. The van der Waals surface area contributed by atoms with E-state index in [1.54, 1.807) is 0 Å². The summed E-state index contributed by atoms with van der Waals surface area (Å²) in [6, 6.07) is 0. The number of carbonyl (C=O) groups excluding carboxylic acids is 1. The smallest absolute Gasteiger partial charge is 0.305 e. The zero-order valence-corrected chi connectivity index (χ0v) is 10.8. The summed E-state index contributed by atoms with van der Waals surface area (Å²) in [6.07, 6.45) is 5.02. The summed E-state index contributed by atoms with van der Waals surface area (Å²) in [7, 11) is -3.13. The fourth-order valence-electron chi connectivity index (χ4n) is 1.11. The fourth-order valence-corrected chi connectivity index (χ4v) is 1.62. The maximum Gasteiger partial charge on any atom is 0.305 e. The second kappa shape index (κ2) is 8.52. The SMILES string of the molecule is CCCCCC(=O)OCCCNS(C)(=O)=O. The monoisotopic (exact) mass is 251 g/mol. The van der Waals surface area contributed by atoms with Crippen molar-refractivity contribution < 1.29 is 17.9 Å². The largest absolute Gasteiger partial charge is 0.466 e. The third-order valence-corrected chi connectivity index (χ3v) is 2.66. The zero-order chi connectivity index (χ0) is 12.4. The molecule has 0 rings (SSSR count). The summed E-state index contributed by atoms with van der Waals surface area (Å²) in [5.74, 6) is -0.201. The Morgan fingerprint density at radius 3 is 2.50 bits per heavy atom. The van der Waals surface area contributed by atoms with Crippen molar-refractivity contribution in [1.29, 1.82) is 0 Å². The lowest BCUT2D eigenvalue weighted by Crippen LogP contribution is -2.24. The number of rotatable bonds is 9. The van der Waals surface area contributed by atoms with Crippen LogP contribution in [0.3, 0.4) is 0 Å². The van der Waals surface area contributed by atoms with Gasteiger partial charge < -0.3 is 4.74 Å². The van der Waals surface area contributed by atoms with Crippen molar-refractivity contribution in [3.63, 3.8) is 0 Å². The summed E-state index contributed by atoms with van der Waals surface area (Å²) in [6.45, 7) is 2.65. The molecule has 0 saturated carbocycles. The van der Waals surface area contributed by atoms with E-state index < -0.39 is 10.0 Å². The Morgan fingerprint density at radius 1 is 1.25 bits per heavy atom. The maximum atomic E-state index is 11.1. The summed E-state index contributed by atoms with van der Waals surface area (Å²) in [5, 5.41) is 0. The van der Waals surface area contributed by atoms with Crippen LogP contribution in [0.1, 0.15) is 39.0 Å². The summed E-state index contributed by atoms with van der Waals surface area (Å²) in [5.41, 5.74) is 0. The van der Waals surface area contributed by atoms with Crippen LogP contribution in [0.5, 0.6) is 0 Å². The molecular formula is C10H21NO4S. The normalized spacial score (nSPS) is 11.4. The standard InChI is InChI=1S/C10H21NO4S/c1-3-4-5-7-10(12)15-9-6-8-11-16(2,13)14/h11H,3-9H2,1-2H3. The number of carbonyl (C=O) groups is 1. The number of esters is 1. The molecule has 0 radical (unpaired) electrons. The highest BCUT2D eigenvalue weighted by Gasteiger charge is 2.03. The number of sulfonamides is 1. The molecule has 16 heavy (non-hydrogen) atoms. The first-order valence-electron chi connectivity index (χ1n) is 5.56. The lowest BCUT2D eigenvalue weighted by Gasteiger charge is -2.04. The molecule has 0 aliphatic rings. The highest BCUT2D eigenvalue weighted by atomic mass is 32.2. The van der Waals surface area contributed by atoms with E-state index >= 15 is 0 Å². The molecular weight excluding hydrogens is 230 g/mol. The van der Waals surface area contributed by atoms with Crippen LogP contribution in [-0.4, -0.2) is 33.8 Å². The molecule has 0 saturated heterocycles. The van der Waals surface area contributed by atoms with E-state index in [2.05, 4.69) is 11.6 Å². The molecule has 96 valence electrons. The second-order valence-electron chi connectivity index (χ2n) is 3.70. The van der Waals surface area contributed by atoms with Gasteiger partial charge in [-0.2, -0.15) is 0 Å². The van der Waals surface area contributed by atoms with E-state index in [-0.39, 0.29) is 12.6 Å². The fraction of sp³-hybridized carbons (Fsp3) is 0.900. The molecule has 0 spiro atoms. The van der Waals surface area contributed by atoms with Gasteiger partial charge in [0.25, 0.3) is 0 Å². The number of unbranched alkanes of at least 4 members (excludes halogenated alkanes) is 2. The van der Waals surface area contributed by atoms with Crippen molar-refractivity contribution in [2.45, 2.75) is 39.0 Å². The molecule has 0 aliphatic carbocycles. The summed E-state index contributed by atoms with van der Waals surface area (Å²) >= 11 is 0. The van der Waals surface area contributed by atoms with E-state index in [0.717, 1.165) is 25.5 Å². The van der Waals surface area contributed by atoms with Gasteiger partial charge in [-0.15, -0.1) is 0 Å². The number of nitrogens with one attached hydrogen (secondary N) is 1. The molecule has 0 unspecified atom stereocenters. The van der Waals surface area contributed by atoms with Crippen LogP contribution in [0.15, 0.2) is 0 Å². The Hall–Kier alpha value is -0.620. The van der Waals surface area contributed by atoms with Crippen molar-refractivity contribution in [3.05, 3.63) is 0 Å². The Bertz CT molecular complexity index is 287. The molecule has 5 nitrogen and oxygen atoms in total. The van der Waals surface area contributed by atoms with Gasteiger partial charge in [-0.25, -0.2) is 13.1 Å². The molecule has 0 amide bonds. The Kier molecular flexibility index (Phi) is 8.19. The molecule has 0 fully saturated rings. The molecule has 0 aromatic carbocycles. The highest BCUT2D eigenvalue weighted by Crippen LogP contribution is 2.00. The minimum atomic E-state index is -3.13. The first kappa shape index (κ1) is 15.4. The van der Waals surface area contributed by atoms with Crippen LogP contribution < -0.4 is 4.72 Å². The van der Waals surface area contributed by atoms with Crippen LogP contribution in [0, 0.1) is 0 Å². The van der Waals surface area contributed by atoms with E-state index in [4.69, 9.17) is 4.74 Å². The van der Waals surface area contributed by atoms with Gasteiger partial charge in [-0.1, -0.05) is 19.8 Å². The average molecular weight is 251 g/mol. The van der Waals surface area contributed by atoms with Crippen molar-refractivity contribution in [2.24, 2.45) is 0 Å². The molecule has 0 atom stereocenters.